The first-order chi connectivity index (χ1) is 9.44. The minimum absolute atomic E-state index is 0.193. The van der Waals surface area contributed by atoms with Crippen LogP contribution in [0.4, 0.5) is 4.79 Å². The first kappa shape index (κ1) is 15.2. The van der Waals surface area contributed by atoms with Crippen LogP contribution in [0.5, 0.6) is 0 Å². The van der Waals surface area contributed by atoms with Crippen molar-refractivity contribution in [1.82, 2.24) is 9.88 Å². The number of rotatable bonds is 3. The van der Waals surface area contributed by atoms with E-state index in [1.807, 2.05) is 49.7 Å². The van der Waals surface area contributed by atoms with E-state index in [1.54, 1.807) is 6.20 Å². The molecule has 0 aliphatic carbocycles. The normalized spacial score (nSPS) is 19.1. The smallest absolute Gasteiger partial charge is 0.410 e. The summed E-state index contributed by atoms with van der Waals surface area (Å²) in [6.07, 6.45) is 4.52. The zero-order valence-corrected chi connectivity index (χ0v) is 13.2. The van der Waals surface area contributed by atoms with E-state index in [1.165, 1.54) is 5.56 Å². The molecule has 1 fully saturated rings. The van der Waals surface area contributed by atoms with Gasteiger partial charge in [0.05, 0.1) is 0 Å². The van der Waals surface area contributed by atoms with Crippen LogP contribution in [0.25, 0.3) is 0 Å². The predicted octanol–water partition coefficient (Wildman–Crippen LogP) is 3.32. The molecule has 0 N–H and O–H groups in total. The fourth-order valence-corrected chi connectivity index (χ4v) is 3.21. The number of hydrogen-bond acceptors (Lipinski definition) is 4. The van der Waals surface area contributed by atoms with E-state index in [2.05, 4.69) is 11.1 Å². The molecule has 1 aliphatic rings. The molecule has 0 spiro atoms. The van der Waals surface area contributed by atoms with Crippen molar-refractivity contribution in [2.24, 2.45) is 0 Å². The zero-order valence-electron chi connectivity index (χ0n) is 12.3. The van der Waals surface area contributed by atoms with Gasteiger partial charge in [-0.1, -0.05) is 6.07 Å². The van der Waals surface area contributed by atoms with Crippen LogP contribution in [0.15, 0.2) is 24.5 Å². The van der Waals surface area contributed by atoms with E-state index >= 15 is 0 Å². The number of carbonyl (C=O) groups is 1. The number of likely N-dealkylation sites (tertiary alicyclic amines) is 1. The van der Waals surface area contributed by atoms with Gasteiger partial charge in [0.2, 0.25) is 0 Å². The summed E-state index contributed by atoms with van der Waals surface area (Å²) in [5.41, 5.74) is 0.811. The van der Waals surface area contributed by atoms with Gasteiger partial charge in [0.1, 0.15) is 5.60 Å². The number of carbonyl (C=O) groups excluding carboxylic acids is 1. The van der Waals surface area contributed by atoms with Gasteiger partial charge in [-0.3, -0.25) is 4.98 Å². The number of thioether (sulfide) groups is 1. The van der Waals surface area contributed by atoms with Crippen molar-refractivity contribution < 1.29 is 9.53 Å². The Bertz CT molecular complexity index is 445. The molecule has 1 atom stereocenters. The maximum absolute atomic E-state index is 12.0. The van der Waals surface area contributed by atoms with Gasteiger partial charge in [0.25, 0.3) is 0 Å². The molecule has 5 heteroatoms. The first-order valence-electron chi connectivity index (χ1n) is 6.92. The van der Waals surface area contributed by atoms with Gasteiger partial charge < -0.3 is 9.64 Å². The molecule has 1 aromatic rings. The van der Waals surface area contributed by atoms with Crippen molar-refractivity contribution in [3.8, 4) is 0 Å². The number of hydrogen-bond donors (Lipinski definition) is 0. The lowest BCUT2D eigenvalue weighted by Gasteiger charge is -2.24. The Labute approximate surface area is 124 Å². The topological polar surface area (TPSA) is 42.4 Å². The average molecular weight is 294 g/mol. The molecule has 0 bridgehead atoms. The molecule has 1 saturated heterocycles. The van der Waals surface area contributed by atoms with E-state index in [9.17, 15) is 4.79 Å². The van der Waals surface area contributed by atoms with Gasteiger partial charge in [-0.05, 0) is 38.8 Å². The Morgan fingerprint density at radius 1 is 1.55 bits per heavy atom. The predicted molar refractivity (Wildman–Crippen MR) is 81.7 cm³/mol. The second-order valence-electron chi connectivity index (χ2n) is 6.01. The molecule has 110 valence electrons. The number of amides is 1. The third kappa shape index (κ3) is 4.71. The maximum Gasteiger partial charge on any atom is 0.410 e. The average Bonchev–Trinajstić information content (AvgIpc) is 2.84. The van der Waals surface area contributed by atoms with Crippen molar-refractivity contribution in [2.75, 3.05) is 13.1 Å². The Hall–Kier alpha value is -1.23. The van der Waals surface area contributed by atoms with E-state index in [-0.39, 0.29) is 6.09 Å². The molecular weight excluding hydrogens is 272 g/mol. The molecular formula is C15H22N2O2S. The Balaban J connectivity index is 1.76. The van der Waals surface area contributed by atoms with Gasteiger partial charge in [0.15, 0.2) is 0 Å². The van der Waals surface area contributed by atoms with Crippen molar-refractivity contribution in [3.63, 3.8) is 0 Å². The van der Waals surface area contributed by atoms with E-state index in [0.29, 0.717) is 5.25 Å². The molecule has 1 aliphatic heterocycles. The third-order valence-electron chi connectivity index (χ3n) is 3.01. The molecule has 1 aromatic heterocycles. The van der Waals surface area contributed by atoms with Crippen LogP contribution < -0.4 is 0 Å². The number of ether oxygens (including phenoxy) is 1. The highest BCUT2D eigenvalue weighted by molar-refractivity contribution is 7.99. The monoisotopic (exact) mass is 294 g/mol. The highest BCUT2D eigenvalue weighted by Crippen LogP contribution is 2.26. The number of pyridine rings is 1. The molecule has 0 radical (unpaired) electrons. The zero-order chi connectivity index (χ0) is 14.6. The maximum atomic E-state index is 12.0. The molecule has 2 rings (SSSR count). The van der Waals surface area contributed by atoms with Crippen molar-refractivity contribution >= 4 is 17.9 Å². The molecule has 4 nitrogen and oxygen atoms in total. The summed E-state index contributed by atoms with van der Waals surface area (Å²) < 4.78 is 5.40. The van der Waals surface area contributed by atoms with Crippen LogP contribution in [-0.4, -0.2) is 39.9 Å². The second kappa shape index (κ2) is 6.48. The Morgan fingerprint density at radius 2 is 2.35 bits per heavy atom. The van der Waals surface area contributed by atoms with E-state index in [4.69, 9.17) is 4.74 Å². The van der Waals surface area contributed by atoms with E-state index in [0.717, 1.165) is 25.3 Å². The van der Waals surface area contributed by atoms with Crippen LogP contribution in [0, 0.1) is 0 Å². The summed E-state index contributed by atoms with van der Waals surface area (Å²) in [7, 11) is 0. The van der Waals surface area contributed by atoms with Crippen LogP contribution in [0.2, 0.25) is 0 Å². The fourth-order valence-electron chi connectivity index (χ4n) is 2.05. The number of aromatic nitrogens is 1. The lowest BCUT2D eigenvalue weighted by molar-refractivity contribution is 0.0295. The van der Waals surface area contributed by atoms with Gasteiger partial charge in [-0.25, -0.2) is 4.79 Å². The second-order valence-corrected chi connectivity index (χ2v) is 7.30. The largest absolute Gasteiger partial charge is 0.444 e. The lowest BCUT2D eigenvalue weighted by Crippen LogP contribution is -2.35. The van der Waals surface area contributed by atoms with Crippen LogP contribution in [-0.2, 0) is 10.5 Å². The minimum atomic E-state index is -0.419. The van der Waals surface area contributed by atoms with Gasteiger partial charge >= 0.3 is 6.09 Å². The van der Waals surface area contributed by atoms with Crippen LogP contribution in [0.3, 0.4) is 0 Å². The van der Waals surface area contributed by atoms with Gasteiger partial charge in [0, 0.05) is 36.5 Å². The standard InChI is InChI=1S/C15H22N2O2S/c1-15(2,3)19-14(18)17-8-6-13(10-17)20-11-12-5-4-7-16-9-12/h4-5,7,9,13H,6,8,10-11H2,1-3H3/t13-/m1/s1. The van der Waals surface area contributed by atoms with E-state index < -0.39 is 5.60 Å². The highest BCUT2D eigenvalue weighted by atomic mass is 32.2. The Kier molecular flexibility index (Phi) is 4.91. The molecule has 2 heterocycles. The summed E-state index contributed by atoms with van der Waals surface area (Å²) in [5, 5.41) is 0.489. The first-order valence-corrected chi connectivity index (χ1v) is 7.97. The van der Waals surface area contributed by atoms with Gasteiger partial charge in [-0.15, -0.1) is 0 Å². The fraction of sp³-hybridized carbons (Fsp3) is 0.600. The molecule has 0 unspecified atom stereocenters. The molecule has 0 saturated carbocycles. The number of nitrogens with zero attached hydrogens (tertiary/aromatic N) is 2. The third-order valence-corrected chi connectivity index (χ3v) is 4.36. The van der Waals surface area contributed by atoms with Crippen molar-refractivity contribution in [1.29, 1.82) is 0 Å². The SMILES string of the molecule is CC(C)(C)OC(=O)N1CC[C@@H](SCc2cccnc2)C1. The van der Waals surface area contributed by atoms with Crippen LogP contribution in [0.1, 0.15) is 32.8 Å². The summed E-state index contributed by atoms with van der Waals surface area (Å²) in [4.78, 5) is 17.9. The quantitative estimate of drug-likeness (QED) is 0.857. The van der Waals surface area contributed by atoms with Gasteiger partial charge in [-0.2, -0.15) is 11.8 Å². The summed E-state index contributed by atoms with van der Waals surface area (Å²) >= 11 is 1.89. The molecule has 20 heavy (non-hydrogen) atoms. The summed E-state index contributed by atoms with van der Waals surface area (Å²) in [6.45, 7) is 7.26. The summed E-state index contributed by atoms with van der Waals surface area (Å²) in [5.74, 6) is 0.945. The van der Waals surface area contributed by atoms with Crippen molar-refractivity contribution in [2.45, 2.75) is 43.8 Å². The van der Waals surface area contributed by atoms with Crippen molar-refractivity contribution in [3.05, 3.63) is 30.1 Å². The molecule has 0 aromatic carbocycles. The molecule has 1 amide bonds. The highest BCUT2D eigenvalue weighted by Gasteiger charge is 2.29. The Morgan fingerprint density at radius 3 is 3.00 bits per heavy atom. The lowest BCUT2D eigenvalue weighted by atomic mass is 10.2. The summed E-state index contributed by atoms with van der Waals surface area (Å²) in [6, 6.07) is 4.04. The van der Waals surface area contributed by atoms with Crippen LogP contribution >= 0.6 is 11.8 Å². The minimum Gasteiger partial charge on any atom is -0.444 e.